The highest BCUT2D eigenvalue weighted by molar-refractivity contribution is 5.58. The summed E-state index contributed by atoms with van der Waals surface area (Å²) in [6.07, 6.45) is 0.543. The average molecular weight is 240 g/mol. The fraction of sp³-hybridized carbons (Fsp3) is 0.455. The fourth-order valence-corrected chi connectivity index (χ4v) is 1.63. The summed E-state index contributed by atoms with van der Waals surface area (Å²) in [5.41, 5.74) is 6.32. The number of rotatable bonds is 5. The largest absolute Gasteiger partial charge is 0.493 e. The van der Waals surface area contributed by atoms with Gasteiger partial charge in [-0.1, -0.05) is 0 Å². The van der Waals surface area contributed by atoms with Crippen LogP contribution in [-0.2, 0) is 6.42 Å². The average Bonchev–Trinajstić information content (AvgIpc) is 2.26. The SMILES string of the molecule is COc1cc(CC(C)N)cc([N+](=O)[O-])c1OC. The Balaban J connectivity index is 3.29. The number of benzene rings is 1. The quantitative estimate of drug-likeness (QED) is 0.622. The molecule has 1 aromatic rings. The molecule has 6 nitrogen and oxygen atoms in total. The molecule has 0 saturated heterocycles. The maximum absolute atomic E-state index is 10.9. The summed E-state index contributed by atoms with van der Waals surface area (Å²) in [6, 6.07) is 3.09. The van der Waals surface area contributed by atoms with Crippen molar-refractivity contribution in [1.29, 1.82) is 0 Å². The minimum Gasteiger partial charge on any atom is -0.493 e. The number of nitro benzene ring substituents is 1. The number of nitrogens with zero attached hydrogens (tertiary/aromatic N) is 1. The second-order valence-corrected chi connectivity index (χ2v) is 3.79. The van der Waals surface area contributed by atoms with Crippen molar-refractivity contribution in [3.63, 3.8) is 0 Å². The molecule has 0 heterocycles. The van der Waals surface area contributed by atoms with Gasteiger partial charge in [-0.15, -0.1) is 0 Å². The van der Waals surface area contributed by atoms with Gasteiger partial charge in [0, 0.05) is 12.1 Å². The first-order chi connectivity index (χ1) is 7.99. The zero-order chi connectivity index (χ0) is 13.0. The highest BCUT2D eigenvalue weighted by Crippen LogP contribution is 2.38. The molecule has 0 spiro atoms. The zero-order valence-electron chi connectivity index (χ0n) is 10.1. The van der Waals surface area contributed by atoms with Crippen LogP contribution in [0.1, 0.15) is 12.5 Å². The van der Waals surface area contributed by atoms with Gasteiger partial charge in [0.05, 0.1) is 19.1 Å². The Kier molecular flexibility index (Phi) is 4.28. The van der Waals surface area contributed by atoms with Crippen LogP contribution in [-0.4, -0.2) is 25.2 Å². The number of nitro groups is 1. The molecule has 0 aliphatic rings. The van der Waals surface area contributed by atoms with Gasteiger partial charge in [-0.05, 0) is 25.0 Å². The van der Waals surface area contributed by atoms with E-state index in [9.17, 15) is 10.1 Å². The van der Waals surface area contributed by atoms with Crippen molar-refractivity contribution in [2.24, 2.45) is 5.73 Å². The first-order valence-corrected chi connectivity index (χ1v) is 5.14. The molecule has 0 saturated carbocycles. The van der Waals surface area contributed by atoms with E-state index in [4.69, 9.17) is 15.2 Å². The fourth-order valence-electron chi connectivity index (χ4n) is 1.63. The number of methoxy groups -OCH3 is 2. The highest BCUT2D eigenvalue weighted by Gasteiger charge is 2.21. The Morgan fingerprint density at radius 1 is 1.41 bits per heavy atom. The molecule has 1 rings (SSSR count). The lowest BCUT2D eigenvalue weighted by Crippen LogP contribution is -2.17. The van der Waals surface area contributed by atoms with E-state index in [0.717, 1.165) is 5.56 Å². The number of hydrogen-bond acceptors (Lipinski definition) is 5. The normalized spacial score (nSPS) is 12.0. The molecular formula is C11H16N2O4. The zero-order valence-corrected chi connectivity index (χ0v) is 10.1. The van der Waals surface area contributed by atoms with Gasteiger partial charge in [-0.2, -0.15) is 0 Å². The van der Waals surface area contributed by atoms with Gasteiger partial charge >= 0.3 is 5.69 Å². The molecule has 6 heteroatoms. The van der Waals surface area contributed by atoms with Gasteiger partial charge in [0.1, 0.15) is 0 Å². The molecule has 94 valence electrons. The Bertz CT molecular complexity index is 418. The van der Waals surface area contributed by atoms with Crippen LogP contribution in [0, 0.1) is 10.1 Å². The standard InChI is InChI=1S/C11H16N2O4/c1-7(12)4-8-5-9(13(14)15)11(17-3)10(6-8)16-2/h5-7H,4,12H2,1-3H3. The predicted molar refractivity (Wildman–Crippen MR) is 63.6 cm³/mol. The van der Waals surface area contributed by atoms with E-state index in [1.165, 1.54) is 20.3 Å². The minimum absolute atomic E-state index is 0.0762. The van der Waals surface area contributed by atoms with Crippen molar-refractivity contribution >= 4 is 5.69 Å². The molecule has 0 radical (unpaired) electrons. The summed E-state index contributed by atoms with van der Waals surface area (Å²) in [6.45, 7) is 1.84. The summed E-state index contributed by atoms with van der Waals surface area (Å²) >= 11 is 0. The number of hydrogen-bond donors (Lipinski definition) is 1. The van der Waals surface area contributed by atoms with Gasteiger partial charge in [0.2, 0.25) is 5.75 Å². The Morgan fingerprint density at radius 2 is 2.06 bits per heavy atom. The monoisotopic (exact) mass is 240 g/mol. The molecule has 17 heavy (non-hydrogen) atoms. The second kappa shape index (κ2) is 5.49. The first-order valence-electron chi connectivity index (χ1n) is 5.14. The van der Waals surface area contributed by atoms with Gasteiger partial charge in [0.25, 0.3) is 0 Å². The molecule has 0 amide bonds. The topological polar surface area (TPSA) is 87.6 Å². The second-order valence-electron chi connectivity index (χ2n) is 3.79. The van der Waals surface area contributed by atoms with Crippen LogP contribution in [0.5, 0.6) is 11.5 Å². The molecule has 0 aliphatic carbocycles. The van der Waals surface area contributed by atoms with Gasteiger partial charge in [0.15, 0.2) is 5.75 Å². The minimum atomic E-state index is -0.494. The first kappa shape index (κ1) is 13.2. The Morgan fingerprint density at radius 3 is 2.47 bits per heavy atom. The van der Waals surface area contributed by atoms with Gasteiger partial charge in [-0.25, -0.2) is 0 Å². The van der Waals surface area contributed by atoms with Crippen LogP contribution in [0.2, 0.25) is 0 Å². The van der Waals surface area contributed by atoms with Crippen LogP contribution in [0.15, 0.2) is 12.1 Å². The van der Waals surface area contributed by atoms with E-state index >= 15 is 0 Å². The molecule has 2 N–H and O–H groups in total. The third-order valence-corrected chi connectivity index (χ3v) is 2.27. The van der Waals surface area contributed by atoms with Crippen molar-refractivity contribution in [2.75, 3.05) is 14.2 Å². The maximum Gasteiger partial charge on any atom is 0.315 e. The van der Waals surface area contributed by atoms with E-state index in [-0.39, 0.29) is 17.5 Å². The van der Waals surface area contributed by atoms with E-state index in [0.29, 0.717) is 12.2 Å². The molecule has 0 fully saturated rings. The summed E-state index contributed by atoms with van der Waals surface area (Å²) in [5, 5.41) is 10.9. The highest BCUT2D eigenvalue weighted by atomic mass is 16.6. The summed E-state index contributed by atoms with van der Waals surface area (Å²) in [4.78, 5) is 10.4. The van der Waals surface area contributed by atoms with Crippen LogP contribution >= 0.6 is 0 Å². The van der Waals surface area contributed by atoms with Crippen molar-refractivity contribution in [2.45, 2.75) is 19.4 Å². The third-order valence-electron chi connectivity index (χ3n) is 2.27. The molecule has 1 unspecified atom stereocenters. The summed E-state index contributed by atoms with van der Waals surface area (Å²) in [5.74, 6) is 0.475. The molecule has 1 aromatic carbocycles. The molecular weight excluding hydrogens is 224 g/mol. The van der Waals surface area contributed by atoms with E-state index in [1.807, 2.05) is 6.92 Å². The van der Waals surface area contributed by atoms with Crippen LogP contribution in [0.3, 0.4) is 0 Å². The molecule has 0 bridgehead atoms. The van der Waals surface area contributed by atoms with Gasteiger partial charge in [-0.3, -0.25) is 10.1 Å². The summed E-state index contributed by atoms with van der Waals surface area (Å²) < 4.78 is 10.1. The van der Waals surface area contributed by atoms with E-state index < -0.39 is 4.92 Å². The van der Waals surface area contributed by atoms with Crippen LogP contribution in [0.25, 0.3) is 0 Å². The lowest BCUT2D eigenvalue weighted by Gasteiger charge is -2.11. The smallest absolute Gasteiger partial charge is 0.315 e. The number of ether oxygens (including phenoxy) is 2. The van der Waals surface area contributed by atoms with E-state index in [1.54, 1.807) is 6.07 Å². The van der Waals surface area contributed by atoms with Crippen molar-refractivity contribution in [1.82, 2.24) is 0 Å². The number of nitrogens with two attached hydrogens (primary N) is 1. The Hall–Kier alpha value is -1.82. The van der Waals surface area contributed by atoms with Crippen LogP contribution in [0.4, 0.5) is 5.69 Å². The Labute approximate surface area is 99.5 Å². The molecule has 0 aliphatic heterocycles. The van der Waals surface area contributed by atoms with E-state index in [2.05, 4.69) is 0 Å². The predicted octanol–water partition coefficient (Wildman–Crippen LogP) is 1.50. The van der Waals surface area contributed by atoms with Crippen molar-refractivity contribution in [3.05, 3.63) is 27.8 Å². The van der Waals surface area contributed by atoms with Crippen molar-refractivity contribution < 1.29 is 14.4 Å². The molecule has 1 atom stereocenters. The van der Waals surface area contributed by atoms with Gasteiger partial charge < -0.3 is 15.2 Å². The molecule has 0 aromatic heterocycles. The third kappa shape index (κ3) is 3.07. The summed E-state index contributed by atoms with van der Waals surface area (Å²) in [7, 11) is 2.81. The lowest BCUT2D eigenvalue weighted by molar-refractivity contribution is -0.385. The lowest BCUT2D eigenvalue weighted by atomic mass is 10.1. The maximum atomic E-state index is 10.9. The van der Waals surface area contributed by atoms with Crippen molar-refractivity contribution in [3.8, 4) is 11.5 Å². The van der Waals surface area contributed by atoms with Crippen LogP contribution < -0.4 is 15.2 Å².